The van der Waals surface area contributed by atoms with Crippen LogP contribution in [0.1, 0.15) is 12.1 Å². The summed E-state index contributed by atoms with van der Waals surface area (Å²) in [7, 11) is 0. The van der Waals surface area contributed by atoms with Crippen molar-refractivity contribution in [2.45, 2.75) is 19.4 Å². The zero-order valence-electron chi connectivity index (χ0n) is 10.1. The Labute approximate surface area is 118 Å². The molecule has 0 spiro atoms. The van der Waals surface area contributed by atoms with Gasteiger partial charge in [-0.2, -0.15) is 0 Å². The van der Waals surface area contributed by atoms with Crippen LogP contribution < -0.4 is 0 Å². The molecular formula is C13H12BrN3O2. The second-order valence-electron chi connectivity index (χ2n) is 4.60. The van der Waals surface area contributed by atoms with Crippen LogP contribution >= 0.6 is 15.9 Å². The average Bonchev–Trinajstić information content (AvgIpc) is 2.77. The first-order valence-electron chi connectivity index (χ1n) is 6.05. The van der Waals surface area contributed by atoms with Gasteiger partial charge in [-0.25, -0.2) is 4.98 Å². The number of pyridine rings is 1. The van der Waals surface area contributed by atoms with Crippen molar-refractivity contribution in [3.63, 3.8) is 0 Å². The molecular weight excluding hydrogens is 310 g/mol. The number of imidazole rings is 1. The third-order valence-corrected chi connectivity index (χ3v) is 4.05. The van der Waals surface area contributed by atoms with Gasteiger partial charge in [0.15, 0.2) is 4.73 Å². The fraction of sp³-hybridized carbons (Fsp3) is 0.308. The molecule has 0 aromatic carbocycles. The molecule has 2 aromatic heterocycles. The number of rotatable bonds is 2. The van der Waals surface area contributed by atoms with Crippen LogP contribution in [-0.4, -0.2) is 25.6 Å². The van der Waals surface area contributed by atoms with Crippen LogP contribution in [0.4, 0.5) is 0 Å². The SMILES string of the molecule is O=C(O)C1CCc2c(-c3cccnc3)nc(Br)n2C1. The van der Waals surface area contributed by atoms with Gasteiger partial charge in [-0.3, -0.25) is 9.78 Å². The number of carboxylic acids is 1. The van der Waals surface area contributed by atoms with Gasteiger partial charge >= 0.3 is 5.97 Å². The van der Waals surface area contributed by atoms with E-state index in [0.29, 0.717) is 17.7 Å². The Balaban J connectivity index is 2.03. The maximum absolute atomic E-state index is 11.1. The summed E-state index contributed by atoms with van der Waals surface area (Å²) in [5.41, 5.74) is 2.94. The Morgan fingerprint density at radius 3 is 3.05 bits per heavy atom. The number of fused-ring (bicyclic) bond motifs is 1. The maximum Gasteiger partial charge on any atom is 0.308 e. The third-order valence-electron chi connectivity index (χ3n) is 3.44. The lowest BCUT2D eigenvalue weighted by molar-refractivity contribution is -0.142. The van der Waals surface area contributed by atoms with E-state index in [9.17, 15) is 4.79 Å². The smallest absolute Gasteiger partial charge is 0.308 e. The lowest BCUT2D eigenvalue weighted by atomic mass is 9.96. The van der Waals surface area contributed by atoms with E-state index in [4.69, 9.17) is 5.11 Å². The quantitative estimate of drug-likeness (QED) is 0.922. The number of aliphatic carboxylic acids is 1. The van der Waals surface area contributed by atoms with E-state index in [0.717, 1.165) is 23.4 Å². The molecule has 5 nitrogen and oxygen atoms in total. The van der Waals surface area contributed by atoms with Crippen LogP contribution in [0.3, 0.4) is 0 Å². The van der Waals surface area contributed by atoms with Crippen molar-refractivity contribution in [1.82, 2.24) is 14.5 Å². The summed E-state index contributed by atoms with van der Waals surface area (Å²) in [5, 5.41) is 9.12. The zero-order valence-corrected chi connectivity index (χ0v) is 11.7. The van der Waals surface area contributed by atoms with Crippen LogP contribution in [0.2, 0.25) is 0 Å². The standard InChI is InChI=1S/C13H12BrN3O2/c14-13-16-11(8-2-1-5-15-6-8)10-4-3-9(12(18)19)7-17(10)13/h1-2,5-6,9H,3-4,7H2,(H,18,19). The van der Waals surface area contributed by atoms with Gasteiger partial charge in [0, 0.05) is 30.2 Å². The summed E-state index contributed by atoms with van der Waals surface area (Å²) in [5.74, 6) is -1.08. The molecule has 1 aliphatic rings. The number of carbonyl (C=O) groups is 1. The molecule has 2 aromatic rings. The second-order valence-corrected chi connectivity index (χ2v) is 5.31. The molecule has 0 radical (unpaired) electrons. The van der Waals surface area contributed by atoms with Gasteiger partial charge in [-0.05, 0) is 40.9 Å². The van der Waals surface area contributed by atoms with Gasteiger partial charge in [0.1, 0.15) is 0 Å². The molecule has 0 saturated heterocycles. The monoisotopic (exact) mass is 321 g/mol. The fourth-order valence-corrected chi connectivity index (χ4v) is 2.99. The summed E-state index contributed by atoms with van der Waals surface area (Å²) >= 11 is 3.42. The Hall–Kier alpha value is -1.69. The van der Waals surface area contributed by atoms with Gasteiger partial charge in [-0.1, -0.05) is 0 Å². The average molecular weight is 322 g/mol. The van der Waals surface area contributed by atoms with Crippen molar-refractivity contribution < 1.29 is 9.90 Å². The van der Waals surface area contributed by atoms with Crippen molar-refractivity contribution >= 4 is 21.9 Å². The highest BCUT2D eigenvalue weighted by Crippen LogP contribution is 2.32. The van der Waals surface area contributed by atoms with E-state index in [1.54, 1.807) is 12.4 Å². The molecule has 19 heavy (non-hydrogen) atoms. The van der Waals surface area contributed by atoms with Crippen molar-refractivity contribution in [2.75, 3.05) is 0 Å². The first kappa shape index (κ1) is 12.3. The van der Waals surface area contributed by atoms with Gasteiger partial charge in [-0.15, -0.1) is 0 Å². The maximum atomic E-state index is 11.1. The fourth-order valence-electron chi connectivity index (χ4n) is 2.45. The highest BCUT2D eigenvalue weighted by molar-refractivity contribution is 9.10. The Morgan fingerprint density at radius 1 is 1.53 bits per heavy atom. The van der Waals surface area contributed by atoms with Crippen molar-refractivity contribution in [3.8, 4) is 11.3 Å². The van der Waals surface area contributed by atoms with Gasteiger partial charge < -0.3 is 9.67 Å². The summed E-state index contributed by atoms with van der Waals surface area (Å²) < 4.78 is 2.64. The predicted octanol–water partition coefficient (Wildman–Crippen LogP) is 2.35. The molecule has 0 bridgehead atoms. The third kappa shape index (κ3) is 2.16. The summed E-state index contributed by atoms with van der Waals surface area (Å²) in [4.78, 5) is 19.7. The minimum Gasteiger partial charge on any atom is -0.481 e. The van der Waals surface area contributed by atoms with Crippen LogP contribution in [0.15, 0.2) is 29.3 Å². The van der Waals surface area contributed by atoms with E-state index >= 15 is 0 Å². The normalized spacial score (nSPS) is 18.1. The van der Waals surface area contributed by atoms with Crippen molar-refractivity contribution in [3.05, 3.63) is 35.0 Å². The first-order valence-corrected chi connectivity index (χ1v) is 6.84. The highest BCUT2D eigenvalue weighted by Gasteiger charge is 2.28. The molecule has 1 N–H and O–H groups in total. The number of nitrogens with zero attached hydrogens (tertiary/aromatic N) is 3. The van der Waals surface area contributed by atoms with Crippen LogP contribution in [0.5, 0.6) is 0 Å². The first-order chi connectivity index (χ1) is 9.16. The van der Waals surface area contributed by atoms with E-state index in [-0.39, 0.29) is 5.92 Å². The number of aromatic nitrogens is 3. The lowest BCUT2D eigenvalue weighted by Crippen LogP contribution is -2.26. The van der Waals surface area contributed by atoms with Crippen LogP contribution in [0.25, 0.3) is 11.3 Å². The minimum atomic E-state index is -0.742. The molecule has 1 unspecified atom stereocenters. The number of halogens is 1. The minimum absolute atomic E-state index is 0.334. The highest BCUT2D eigenvalue weighted by atomic mass is 79.9. The predicted molar refractivity (Wildman–Crippen MR) is 72.6 cm³/mol. The van der Waals surface area contributed by atoms with E-state index in [2.05, 4.69) is 25.9 Å². The molecule has 0 amide bonds. The van der Waals surface area contributed by atoms with E-state index in [1.165, 1.54) is 0 Å². The zero-order chi connectivity index (χ0) is 13.4. The molecule has 6 heteroatoms. The van der Waals surface area contributed by atoms with E-state index < -0.39 is 5.97 Å². The van der Waals surface area contributed by atoms with Gasteiger partial charge in [0.05, 0.1) is 11.6 Å². The number of carboxylic acid groups (broad SMARTS) is 1. The second kappa shape index (κ2) is 4.77. The molecule has 3 heterocycles. The van der Waals surface area contributed by atoms with Crippen molar-refractivity contribution in [1.29, 1.82) is 0 Å². The Kier molecular flexibility index (Phi) is 3.10. The van der Waals surface area contributed by atoms with Gasteiger partial charge in [0.25, 0.3) is 0 Å². The lowest BCUT2D eigenvalue weighted by Gasteiger charge is -2.22. The summed E-state index contributed by atoms with van der Waals surface area (Å²) in [6, 6.07) is 3.84. The molecule has 0 fully saturated rings. The van der Waals surface area contributed by atoms with Crippen LogP contribution in [0, 0.1) is 5.92 Å². The molecule has 1 aliphatic heterocycles. The topological polar surface area (TPSA) is 68.0 Å². The summed E-state index contributed by atoms with van der Waals surface area (Å²) in [6.45, 7) is 0.471. The van der Waals surface area contributed by atoms with Gasteiger partial charge in [0.2, 0.25) is 0 Å². The molecule has 3 rings (SSSR count). The number of hydrogen-bond donors (Lipinski definition) is 1. The molecule has 1 atom stereocenters. The van der Waals surface area contributed by atoms with Crippen LogP contribution in [-0.2, 0) is 17.8 Å². The molecule has 0 aliphatic carbocycles. The largest absolute Gasteiger partial charge is 0.481 e. The Bertz CT molecular complexity index is 624. The van der Waals surface area contributed by atoms with Crippen molar-refractivity contribution in [2.24, 2.45) is 5.92 Å². The number of hydrogen-bond acceptors (Lipinski definition) is 3. The Morgan fingerprint density at radius 2 is 2.37 bits per heavy atom. The molecule has 98 valence electrons. The summed E-state index contributed by atoms with van der Waals surface area (Å²) in [6.07, 6.45) is 4.88. The van der Waals surface area contributed by atoms with E-state index in [1.807, 2.05) is 16.7 Å². The molecule has 0 saturated carbocycles.